The Labute approximate surface area is 179 Å². The van der Waals surface area contributed by atoms with E-state index in [0.29, 0.717) is 29.2 Å². The maximum absolute atomic E-state index is 14.4. The molecule has 1 aliphatic rings. The molecule has 3 rings (SSSR count). The van der Waals surface area contributed by atoms with Gasteiger partial charge in [0.05, 0.1) is 7.11 Å². The van der Waals surface area contributed by atoms with E-state index in [4.69, 9.17) is 9.88 Å². The number of pyridine rings is 1. The van der Waals surface area contributed by atoms with Crippen molar-refractivity contribution in [3.63, 3.8) is 0 Å². The van der Waals surface area contributed by atoms with Gasteiger partial charge in [-0.2, -0.15) is 4.39 Å². The van der Waals surface area contributed by atoms with Crippen LogP contribution in [0.5, 0.6) is 5.75 Å². The van der Waals surface area contributed by atoms with Crippen LogP contribution in [0.1, 0.15) is 31.7 Å². The number of benzene rings is 1. The van der Waals surface area contributed by atoms with Crippen LogP contribution < -0.4 is 15.2 Å². The first-order valence-corrected chi connectivity index (χ1v) is 10.6. The minimum Gasteiger partial charge on any atom is -0.493 e. The number of hydrogen-bond acceptors (Lipinski definition) is 6. The largest absolute Gasteiger partial charge is 0.493 e. The van der Waals surface area contributed by atoms with Crippen LogP contribution in [0.15, 0.2) is 35.5 Å². The van der Waals surface area contributed by atoms with Gasteiger partial charge in [0, 0.05) is 41.9 Å². The Morgan fingerprint density at radius 1 is 1.37 bits per heavy atom. The second kappa shape index (κ2) is 9.72. The van der Waals surface area contributed by atoms with Crippen LogP contribution in [0.3, 0.4) is 0 Å². The summed E-state index contributed by atoms with van der Waals surface area (Å²) in [4.78, 5) is 19.5. The van der Waals surface area contributed by atoms with E-state index in [1.165, 1.54) is 13.2 Å². The molecule has 0 bridgehead atoms. The van der Waals surface area contributed by atoms with Crippen LogP contribution in [-0.2, 0) is 4.79 Å². The Morgan fingerprint density at radius 2 is 2.13 bits per heavy atom. The summed E-state index contributed by atoms with van der Waals surface area (Å²) < 4.78 is 33.4. The van der Waals surface area contributed by atoms with Gasteiger partial charge >= 0.3 is 0 Å². The van der Waals surface area contributed by atoms with Gasteiger partial charge in [-0.1, -0.05) is 6.07 Å². The summed E-state index contributed by atoms with van der Waals surface area (Å²) in [5.41, 5.74) is 1.08. The zero-order chi connectivity index (χ0) is 21.8. The summed E-state index contributed by atoms with van der Waals surface area (Å²) in [7, 11) is 1.31. The summed E-state index contributed by atoms with van der Waals surface area (Å²) in [6, 6.07) is 6.25. The van der Waals surface area contributed by atoms with E-state index in [1.54, 1.807) is 18.3 Å². The molecule has 162 valence electrons. The number of anilines is 1. The van der Waals surface area contributed by atoms with Gasteiger partial charge in [0.1, 0.15) is 5.03 Å². The second-order valence-corrected chi connectivity index (χ2v) is 8.22. The predicted octanol–water partition coefficient (Wildman–Crippen LogP) is 3.79. The van der Waals surface area contributed by atoms with Crippen LogP contribution in [-0.4, -0.2) is 42.0 Å². The van der Waals surface area contributed by atoms with Crippen LogP contribution in [0.2, 0.25) is 0 Å². The first-order chi connectivity index (χ1) is 14.3. The first kappa shape index (κ1) is 22.5. The van der Waals surface area contributed by atoms with Crippen LogP contribution in [0.4, 0.5) is 14.5 Å². The third kappa shape index (κ3) is 4.74. The Bertz CT molecular complexity index is 913. The molecular formula is C21H26F2N4O2S. The molecular weight excluding hydrogens is 410 g/mol. The molecule has 1 aromatic carbocycles. The Balaban J connectivity index is 1.93. The number of piperidine rings is 1. The highest BCUT2D eigenvalue weighted by molar-refractivity contribution is 7.97. The van der Waals surface area contributed by atoms with E-state index in [2.05, 4.69) is 29.0 Å². The number of nitrogens with one attached hydrogen (secondary N) is 1. The molecule has 3 N–H and O–H groups in total. The predicted molar refractivity (Wildman–Crippen MR) is 113 cm³/mol. The van der Waals surface area contributed by atoms with Crippen molar-refractivity contribution >= 4 is 23.5 Å². The molecule has 1 amide bonds. The zero-order valence-corrected chi connectivity index (χ0v) is 18.0. The summed E-state index contributed by atoms with van der Waals surface area (Å²) >= 11 is 0.992. The third-order valence-electron chi connectivity index (χ3n) is 5.52. The quantitative estimate of drug-likeness (QED) is 0.671. The number of nitrogens with two attached hydrogens (primary N) is 1. The standard InChI is InChI=1S/C21H26F2N4O2S/c1-12(2)27-9-7-15(21(28)26-13-6-8-25-18(10-13)30-24)16(11-27)14-4-5-17(22)19(23)20(14)29-3/h4-6,8,10,12,15-16H,7,9,11,24H2,1-3H3,(H,25,26,28). The number of aromatic nitrogens is 1. The van der Waals surface area contributed by atoms with Gasteiger partial charge in [0.15, 0.2) is 11.6 Å². The number of ether oxygens (including phenoxy) is 1. The van der Waals surface area contributed by atoms with Crippen LogP contribution in [0.25, 0.3) is 0 Å². The number of carbonyl (C=O) groups excluding carboxylic acids is 1. The highest BCUT2D eigenvalue weighted by atomic mass is 32.2. The van der Waals surface area contributed by atoms with Crippen molar-refractivity contribution in [1.82, 2.24) is 9.88 Å². The zero-order valence-electron chi connectivity index (χ0n) is 17.2. The molecule has 0 saturated carbocycles. The number of likely N-dealkylation sites (tertiary alicyclic amines) is 1. The minimum atomic E-state index is -1.03. The van der Waals surface area contributed by atoms with Crippen molar-refractivity contribution in [3.8, 4) is 5.75 Å². The average Bonchev–Trinajstić information content (AvgIpc) is 2.75. The van der Waals surface area contributed by atoms with E-state index >= 15 is 0 Å². The van der Waals surface area contributed by atoms with Crippen LogP contribution >= 0.6 is 11.9 Å². The van der Waals surface area contributed by atoms with E-state index in [-0.39, 0.29) is 23.6 Å². The van der Waals surface area contributed by atoms with Crippen molar-refractivity contribution in [2.75, 3.05) is 25.5 Å². The number of halogens is 2. The number of carbonyl (C=O) groups is 1. The SMILES string of the molecule is COc1c(C2CN(C(C)C)CCC2C(=O)Nc2ccnc(SN)c2)ccc(F)c1F. The fraction of sp³-hybridized carbons (Fsp3) is 0.429. The van der Waals surface area contributed by atoms with Gasteiger partial charge < -0.3 is 15.0 Å². The lowest BCUT2D eigenvalue weighted by molar-refractivity contribution is -0.122. The van der Waals surface area contributed by atoms with E-state index in [0.717, 1.165) is 24.6 Å². The second-order valence-electron chi connectivity index (χ2n) is 7.56. The Hall–Kier alpha value is -2.23. The van der Waals surface area contributed by atoms with Crippen molar-refractivity contribution in [1.29, 1.82) is 0 Å². The van der Waals surface area contributed by atoms with Crippen molar-refractivity contribution in [2.24, 2.45) is 11.1 Å². The lowest BCUT2D eigenvalue weighted by Gasteiger charge is -2.40. The highest BCUT2D eigenvalue weighted by Crippen LogP contribution is 2.40. The third-order valence-corrected chi connectivity index (χ3v) is 5.98. The lowest BCUT2D eigenvalue weighted by atomic mass is 9.79. The smallest absolute Gasteiger partial charge is 0.228 e. The van der Waals surface area contributed by atoms with E-state index < -0.39 is 17.6 Å². The van der Waals surface area contributed by atoms with Crippen molar-refractivity contribution in [2.45, 2.75) is 37.3 Å². The Kier molecular flexibility index (Phi) is 7.27. The van der Waals surface area contributed by atoms with E-state index in [1.807, 2.05) is 0 Å². The summed E-state index contributed by atoms with van der Waals surface area (Å²) in [6.07, 6.45) is 2.16. The molecule has 2 atom stereocenters. The van der Waals surface area contributed by atoms with Gasteiger partial charge in [-0.3, -0.25) is 9.93 Å². The number of nitrogens with zero attached hydrogens (tertiary/aromatic N) is 2. The van der Waals surface area contributed by atoms with Crippen LogP contribution in [0, 0.1) is 17.6 Å². The molecule has 9 heteroatoms. The molecule has 0 radical (unpaired) electrons. The monoisotopic (exact) mass is 436 g/mol. The fourth-order valence-electron chi connectivity index (χ4n) is 3.91. The maximum atomic E-state index is 14.4. The highest BCUT2D eigenvalue weighted by Gasteiger charge is 2.38. The van der Waals surface area contributed by atoms with Crippen molar-refractivity contribution in [3.05, 3.63) is 47.7 Å². The minimum absolute atomic E-state index is 0.144. The first-order valence-electron chi connectivity index (χ1n) is 9.75. The topological polar surface area (TPSA) is 80.5 Å². The lowest BCUT2D eigenvalue weighted by Crippen LogP contribution is -2.46. The average molecular weight is 437 g/mol. The summed E-state index contributed by atoms with van der Waals surface area (Å²) in [6.45, 7) is 5.42. The van der Waals surface area contributed by atoms with Gasteiger partial charge in [0.2, 0.25) is 11.7 Å². The van der Waals surface area contributed by atoms with Gasteiger partial charge in [-0.25, -0.2) is 9.37 Å². The molecule has 2 heterocycles. The summed E-state index contributed by atoms with van der Waals surface area (Å²) in [5.74, 6) is -3.12. The molecule has 1 fully saturated rings. The molecule has 1 saturated heterocycles. The molecule has 1 aromatic heterocycles. The van der Waals surface area contributed by atoms with Gasteiger partial charge in [-0.15, -0.1) is 0 Å². The number of amides is 1. The van der Waals surface area contributed by atoms with Gasteiger partial charge in [-0.05, 0) is 57.0 Å². The van der Waals surface area contributed by atoms with Gasteiger partial charge in [0.25, 0.3) is 0 Å². The van der Waals surface area contributed by atoms with Crippen molar-refractivity contribution < 1.29 is 18.3 Å². The fourth-order valence-corrected chi connectivity index (χ4v) is 4.22. The number of hydrogen-bond donors (Lipinski definition) is 2. The van der Waals surface area contributed by atoms with E-state index in [9.17, 15) is 13.6 Å². The summed E-state index contributed by atoms with van der Waals surface area (Å²) in [5, 5.41) is 9.05. The molecule has 0 spiro atoms. The molecule has 2 unspecified atom stereocenters. The molecule has 0 aliphatic carbocycles. The molecule has 1 aliphatic heterocycles. The molecule has 30 heavy (non-hydrogen) atoms. The Morgan fingerprint density at radius 3 is 2.80 bits per heavy atom. The normalized spacial score (nSPS) is 19.7. The molecule has 6 nitrogen and oxygen atoms in total. The molecule has 2 aromatic rings. The number of methoxy groups -OCH3 is 1. The maximum Gasteiger partial charge on any atom is 0.228 e. The number of rotatable bonds is 6.